The molecule has 0 bridgehead atoms. The van der Waals surface area contributed by atoms with E-state index in [4.69, 9.17) is 23.2 Å². The second kappa shape index (κ2) is 5.49. The van der Waals surface area contributed by atoms with Gasteiger partial charge in [0.1, 0.15) is 5.82 Å². The molecule has 2 aromatic rings. The quantitative estimate of drug-likeness (QED) is 0.897. The molecule has 1 aromatic carbocycles. The van der Waals surface area contributed by atoms with E-state index in [1.807, 2.05) is 19.2 Å². The molecule has 17 heavy (non-hydrogen) atoms. The summed E-state index contributed by atoms with van der Waals surface area (Å²) in [4.78, 5) is 4.34. The van der Waals surface area contributed by atoms with Crippen LogP contribution in [0.5, 0.6) is 0 Å². The Hall–Kier alpha value is -1.10. The van der Waals surface area contributed by atoms with E-state index in [0.29, 0.717) is 23.0 Å². The Bertz CT molecular complexity index is 490. The van der Waals surface area contributed by atoms with Crippen LogP contribution in [0.2, 0.25) is 10.0 Å². The average molecular weight is 271 g/mol. The molecule has 2 N–H and O–H groups in total. The van der Waals surface area contributed by atoms with Gasteiger partial charge < -0.3 is 5.32 Å². The number of aromatic nitrogens is 3. The van der Waals surface area contributed by atoms with Gasteiger partial charge in [-0.2, -0.15) is 5.10 Å². The number of nitrogens with one attached hydrogen (secondary N) is 2. The van der Waals surface area contributed by atoms with Crippen molar-refractivity contribution in [3.05, 3.63) is 45.5 Å². The average Bonchev–Trinajstić information content (AvgIpc) is 2.64. The summed E-state index contributed by atoms with van der Waals surface area (Å²) in [6, 6.07) is 5.45. The maximum atomic E-state index is 5.93. The predicted molar refractivity (Wildman–Crippen MR) is 68.4 cm³/mol. The van der Waals surface area contributed by atoms with E-state index in [0.717, 1.165) is 17.2 Å². The molecule has 0 spiro atoms. The molecule has 2 rings (SSSR count). The van der Waals surface area contributed by atoms with Crippen LogP contribution in [-0.2, 0) is 13.0 Å². The first kappa shape index (κ1) is 12.4. The summed E-state index contributed by atoms with van der Waals surface area (Å²) in [5.74, 6) is 1.55. The van der Waals surface area contributed by atoms with Gasteiger partial charge in [-0.1, -0.05) is 23.2 Å². The van der Waals surface area contributed by atoms with Crippen molar-refractivity contribution in [2.75, 3.05) is 7.05 Å². The lowest BCUT2D eigenvalue weighted by atomic mass is 10.1. The standard InChI is InChI=1S/C11H12Cl2N4/c1-14-6-11-15-10(16-17-11)4-7-2-8(12)5-9(13)3-7/h2-3,5,14H,4,6H2,1H3,(H,15,16,17). The third-order valence-electron chi connectivity index (χ3n) is 2.21. The van der Waals surface area contributed by atoms with Crippen molar-refractivity contribution in [3.8, 4) is 0 Å². The molecule has 0 amide bonds. The number of rotatable bonds is 4. The second-order valence-corrected chi connectivity index (χ2v) is 4.56. The molecule has 90 valence electrons. The largest absolute Gasteiger partial charge is 0.313 e. The second-order valence-electron chi connectivity index (χ2n) is 3.68. The number of H-pyrrole nitrogens is 1. The number of aromatic amines is 1. The van der Waals surface area contributed by atoms with Crippen molar-refractivity contribution in [1.29, 1.82) is 0 Å². The first-order chi connectivity index (χ1) is 8.17. The number of benzene rings is 1. The van der Waals surface area contributed by atoms with Gasteiger partial charge in [-0.15, -0.1) is 0 Å². The molecule has 4 nitrogen and oxygen atoms in total. The smallest absolute Gasteiger partial charge is 0.164 e. The molecular weight excluding hydrogens is 259 g/mol. The molecule has 6 heteroatoms. The molecule has 1 heterocycles. The Morgan fingerprint density at radius 2 is 1.94 bits per heavy atom. The van der Waals surface area contributed by atoms with Crippen LogP contribution in [0, 0.1) is 0 Å². The van der Waals surface area contributed by atoms with E-state index in [1.54, 1.807) is 6.07 Å². The zero-order chi connectivity index (χ0) is 12.3. The Morgan fingerprint density at radius 3 is 2.59 bits per heavy atom. The monoisotopic (exact) mass is 270 g/mol. The summed E-state index contributed by atoms with van der Waals surface area (Å²) in [5.41, 5.74) is 1.01. The van der Waals surface area contributed by atoms with Crippen LogP contribution in [0.15, 0.2) is 18.2 Å². The third kappa shape index (κ3) is 3.43. The summed E-state index contributed by atoms with van der Waals surface area (Å²) in [6.07, 6.45) is 0.636. The van der Waals surface area contributed by atoms with Crippen LogP contribution in [0.4, 0.5) is 0 Å². The summed E-state index contributed by atoms with van der Waals surface area (Å²) in [6.45, 7) is 0.646. The van der Waals surface area contributed by atoms with Crippen LogP contribution in [0.25, 0.3) is 0 Å². The number of halogens is 2. The predicted octanol–water partition coefficient (Wildman–Crippen LogP) is 2.42. The molecule has 0 atom stereocenters. The lowest BCUT2D eigenvalue weighted by Crippen LogP contribution is -2.06. The zero-order valence-corrected chi connectivity index (χ0v) is 10.8. The van der Waals surface area contributed by atoms with Crippen LogP contribution >= 0.6 is 23.2 Å². The molecule has 1 aromatic heterocycles. The molecule has 0 unspecified atom stereocenters. The van der Waals surface area contributed by atoms with Gasteiger partial charge in [-0.25, -0.2) is 4.98 Å². The molecule has 0 aliphatic rings. The van der Waals surface area contributed by atoms with E-state index in [9.17, 15) is 0 Å². The minimum Gasteiger partial charge on any atom is -0.313 e. The number of nitrogens with zero attached hydrogens (tertiary/aromatic N) is 2. The Kier molecular flexibility index (Phi) is 3.99. The SMILES string of the molecule is CNCc1n[nH]c(Cc2cc(Cl)cc(Cl)c2)n1. The highest BCUT2D eigenvalue weighted by Crippen LogP contribution is 2.20. The highest BCUT2D eigenvalue weighted by Gasteiger charge is 2.05. The Labute approximate surface area is 109 Å². The summed E-state index contributed by atoms with van der Waals surface area (Å²) in [5, 5.41) is 11.2. The lowest BCUT2D eigenvalue weighted by Gasteiger charge is -2.00. The van der Waals surface area contributed by atoms with Crippen molar-refractivity contribution in [2.45, 2.75) is 13.0 Å². The van der Waals surface area contributed by atoms with Gasteiger partial charge in [-0.05, 0) is 30.8 Å². The van der Waals surface area contributed by atoms with Crippen molar-refractivity contribution < 1.29 is 0 Å². The summed E-state index contributed by atoms with van der Waals surface area (Å²) in [7, 11) is 1.85. The van der Waals surface area contributed by atoms with Crippen LogP contribution in [0.3, 0.4) is 0 Å². The topological polar surface area (TPSA) is 53.6 Å². The number of hydrogen-bond acceptors (Lipinski definition) is 3. The summed E-state index contributed by atoms with van der Waals surface area (Å²) < 4.78 is 0. The van der Waals surface area contributed by atoms with Gasteiger partial charge in [0.25, 0.3) is 0 Å². The Balaban J connectivity index is 2.13. The molecule has 0 fully saturated rings. The molecule has 0 aliphatic carbocycles. The van der Waals surface area contributed by atoms with Gasteiger partial charge in [0, 0.05) is 16.5 Å². The van der Waals surface area contributed by atoms with Gasteiger partial charge >= 0.3 is 0 Å². The maximum absolute atomic E-state index is 5.93. The van der Waals surface area contributed by atoms with E-state index >= 15 is 0 Å². The van der Waals surface area contributed by atoms with Gasteiger partial charge in [-0.3, -0.25) is 5.10 Å². The fraction of sp³-hybridized carbons (Fsp3) is 0.273. The molecular formula is C11H12Cl2N4. The van der Waals surface area contributed by atoms with Crippen LogP contribution in [0.1, 0.15) is 17.2 Å². The fourth-order valence-corrected chi connectivity index (χ4v) is 2.13. The lowest BCUT2D eigenvalue weighted by molar-refractivity contribution is 0.762. The minimum absolute atomic E-state index is 0.627. The van der Waals surface area contributed by atoms with Crippen molar-refractivity contribution in [1.82, 2.24) is 20.5 Å². The zero-order valence-electron chi connectivity index (χ0n) is 9.30. The Morgan fingerprint density at radius 1 is 1.24 bits per heavy atom. The number of hydrogen-bond donors (Lipinski definition) is 2. The van der Waals surface area contributed by atoms with E-state index in [2.05, 4.69) is 20.5 Å². The van der Waals surface area contributed by atoms with E-state index in [1.165, 1.54) is 0 Å². The van der Waals surface area contributed by atoms with Crippen molar-refractivity contribution in [3.63, 3.8) is 0 Å². The summed E-state index contributed by atoms with van der Waals surface area (Å²) >= 11 is 11.9. The molecule has 0 saturated heterocycles. The molecule has 0 radical (unpaired) electrons. The molecule has 0 aliphatic heterocycles. The van der Waals surface area contributed by atoms with Gasteiger partial charge in [0.05, 0.1) is 6.54 Å². The van der Waals surface area contributed by atoms with Crippen LogP contribution < -0.4 is 5.32 Å². The molecule has 0 saturated carbocycles. The normalized spacial score (nSPS) is 10.8. The third-order valence-corrected chi connectivity index (χ3v) is 2.64. The van der Waals surface area contributed by atoms with Gasteiger partial charge in [0.15, 0.2) is 5.82 Å². The fourth-order valence-electron chi connectivity index (χ4n) is 1.56. The van der Waals surface area contributed by atoms with E-state index < -0.39 is 0 Å². The minimum atomic E-state index is 0.627. The van der Waals surface area contributed by atoms with Gasteiger partial charge in [0.2, 0.25) is 0 Å². The maximum Gasteiger partial charge on any atom is 0.164 e. The first-order valence-corrected chi connectivity index (χ1v) is 5.92. The van der Waals surface area contributed by atoms with Crippen molar-refractivity contribution in [2.24, 2.45) is 0 Å². The van der Waals surface area contributed by atoms with Crippen LogP contribution in [-0.4, -0.2) is 22.2 Å². The van der Waals surface area contributed by atoms with E-state index in [-0.39, 0.29) is 0 Å². The van der Waals surface area contributed by atoms with Crippen molar-refractivity contribution >= 4 is 23.2 Å². The highest BCUT2D eigenvalue weighted by molar-refractivity contribution is 6.34. The highest BCUT2D eigenvalue weighted by atomic mass is 35.5. The first-order valence-electron chi connectivity index (χ1n) is 5.17.